The van der Waals surface area contributed by atoms with Crippen LogP contribution in [-0.2, 0) is 4.79 Å². The van der Waals surface area contributed by atoms with Crippen LogP contribution in [0.1, 0.15) is 17.4 Å². The highest BCUT2D eigenvalue weighted by Gasteiger charge is 2.24. The molecule has 4 rings (SSSR count). The fourth-order valence-corrected chi connectivity index (χ4v) is 4.06. The Morgan fingerprint density at radius 1 is 1.06 bits per heavy atom. The number of likely N-dealkylation sites (N-methyl/N-ethyl adjacent to an activating group) is 1. The SMILES string of the molecule is CCN(CC(=O)Nc1ccc(OC)cc1)C(=O)c1cc(-c2cccs2)nn1-c1ccccc1. The third-order valence-corrected chi connectivity index (χ3v) is 5.97. The van der Waals surface area contributed by atoms with E-state index in [4.69, 9.17) is 9.84 Å². The number of carbonyl (C=O) groups is 2. The number of hydrogen-bond donors (Lipinski definition) is 1. The van der Waals surface area contributed by atoms with Gasteiger partial charge in [0.1, 0.15) is 23.7 Å². The number of amides is 2. The van der Waals surface area contributed by atoms with Crippen LogP contribution < -0.4 is 10.1 Å². The van der Waals surface area contributed by atoms with Crippen LogP contribution in [0.5, 0.6) is 5.75 Å². The lowest BCUT2D eigenvalue weighted by Crippen LogP contribution is -2.38. The molecule has 0 spiro atoms. The summed E-state index contributed by atoms with van der Waals surface area (Å²) in [6.45, 7) is 2.15. The number of thiophene rings is 1. The molecule has 2 heterocycles. The number of nitrogens with zero attached hydrogens (tertiary/aromatic N) is 3. The average Bonchev–Trinajstić information content (AvgIpc) is 3.53. The summed E-state index contributed by atoms with van der Waals surface area (Å²) in [4.78, 5) is 28.6. The van der Waals surface area contributed by atoms with Crippen molar-refractivity contribution >= 4 is 28.8 Å². The first kappa shape index (κ1) is 22.3. The van der Waals surface area contributed by atoms with Crippen molar-refractivity contribution in [3.05, 3.63) is 83.9 Å². The Hall–Kier alpha value is -3.91. The third-order valence-electron chi connectivity index (χ3n) is 5.08. The van der Waals surface area contributed by atoms with Gasteiger partial charge in [0.15, 0.2) is 0 Å². The normalized spacial score (nSPS) is 10.6. The fourth-order valence-electron chi connectivity index (χ4n) is 3.38. The molecule has 0 aliphatic carbocycles. The van der Waals surface area contributed by atoms with Gasteiger partial charge in [0.05, 0.1) is 17.7 Å². The predicted molar refractivity (Wildman–Crippen MR) is 130 cm³/mol. The molecule has 0 fully saturated rings. The van der Waals surface area contributed by atoms with Crippen LogP contribution >= 0.6 is 11.3 Å². The molecule has 33 heavy (non-hydrogen) atoms. The highest BCUT2D eigenvalue weighted by Crippen LogP contribution is 2.26. The number of ether oxygens (including phenoxy) is 1. The van der Waals surface area contributed by atoms with E-state index in [9.17, 15) is 9.59 Å². The maximum absolute atomic E-state index is 13.5. The molecule has 2 aromatic heterocycles. The number of carbonyl (C=O) groups excluding carboxylic acids is 2. The molecule has 0 atom stereocenters. The minimum absolute atomic E-state index is 0.0737. The first-order valence-electron chi connectivity index (χ1n) is 10.5. The Morgan fingerprint density at radius 2 is 1.82 bits per heavy atom. The van der Waals surface area contributed by atoms with E-state index in [1.54, 1.807) is 53.5 Å². The summed E-state index contributed by atoms with van der Waals surface area (Å²) < 4.78 is 6.78. The van der Waals surface area contributed by atoms with Crippen LogP contribution in [0.4, 0.5) is 5.69 Å². The molecule has 168 valence electrons. The summed E-state index contributed by atoms with van der Waals surface area (Å²) in [5.41, 5.74) is 2.54. The Labute approximate surface area is 196 Å². The second kappa shape index (κ2) is 10.1. The summed E-state index contributed by atoms with van der Waals surface area (Å²) in [6, 6.07) is 22.3. The zero-order chi connectivity index (χ0) is 23.2. The summed E-state index contributed by atoms with van der Waals surface area (Å²) >= 11 is 1.56. The van der Waals surface area contributed by atoms with Crippen molar-refractivity contribution in [1.29, 1.82) is 0 Å². The third kappa shape index (κ3) is 5.12. The number of aromatic nitrogens is 2. The van der Waals surface area contributed by atoms with E-state index in [-0.39, 0.29) is 18.4 Å². The van der Waals surface area contributed by atoms with Crippen LogP contribution in [0.25, 0.3) is 16.3 Å². The number of anilines is 1. The Morgan fingerprint density at radius 3 is 2.45 bits per heavy atom. The van der Waals surface area contributed by atoms with Gasteiger partial charge in [-0.3, -0.25) is 9.59 Å². The Balaban J connectivity index is 1.57. The summed E-state index contributed by atoms with van der Waals surface area (Å²) in [6.07, 6.45) is 0. The largest absolute Gasteiger partial charge is 0.497 e. The van der Waals surface area contributed by atoms with E-state index in [0.717, 1.165) is 16.3 Å². The Bertz CT molecular complexity index is 1220. The quantitative estimate of drug-likeness (QED) is 0.413. The molecule has 0 aliphatic rings. The average molecular weight is 461 g/mol. The number of benzene rings is 2. The summed E-state index contributed by atoms with van der Waals surface area (Å²) in [7, 11) is 1.59. The van der Waals surface area contributed by atoms with Crippen molar-refractivity contribution in [3.8, 4) is 22.0 Å². The van der Waals surface area contributed by atoms with Crippen molar-refractivity contribution < 1.29 is 14.3 Å². The van der Waals surface area contributed by atoms with Gasteiger partial charge in [0.2, 0.25) is 5.91 Å². The first-order chi connectivity index (χ1) is 16.1. The maximum Gasteiger partial charge on any atom is 0.273 e. The number of nitrogens with one attached hydrogen (secondary N) is 1. The van der Waals surface area contributed by atoms with Crippen molar-refractivity contribution in [2.75, 3.05) is 25.5 Å². The van der Waals surface area contributed by atoms with Crippen molar-refractivity contribution in [3.63, 3.8) is 0 Å². The molecule has 2 amide bonds. The van der Waals surface area contributed by atoms with Gasteiger partial charge in [0, 0.05) is 12.2 Å². The van der Waals surface area contributed by atoms with Crippen LogP contribution in [0, 0.1) is 0 Å². The fraction of sp³-hybridized carbons (Fsp3) is 0.160. The summed E-state index contributed by atoms with van der Waals surface area (Å²) in [5.74, 6) is 0.162. The lowest BCUT2D eigenvalue weighted by Gasteiger charge is -2.21. The van der Waals surface area contributed by atoms with Crippen LogP contribution in [0.2, 0.25) is 0 Å². The highest BCUT2D eigenvalue weighted by molar-refractivity contribution is 7.13. The van der Waals surface area contributed by atoms with E-state index < -0.39 is 0 Å². The van der Waals surface area contributed by atoms with E-state index in [0.29, 0.717) is 23.7 Å². The molecular weight excluding hydrogens is 436 g/mol. The van der Waals surface area contributed by atoms with Crippen LogP contribution in [-0.4, -0.2) is 46.7 Å². The summed E-state index contributed by atoms with van der Waals surface area (Å²) in [5, 5.41) is 9.49. The molecule has 2 aromatic carbocycles. The van der Waals surface area contributed by atoms with E-state index >= 15 is 0 Å². The molecule has 0 aliphatic heterocycles. The highest BCUT2D eigenvalue weighted by atomic mass is 32.1. The standard InChI is InChI=1S/C25H24N4O3S/c1-3-28(17-24(30)26-18-11-13-20(32-2)14-12-18)25(31)22-16-21(23-10-7-15-33-23)27-29(22)19-8-5-4-6-9-19/h4-16H,3,17H2,1-2H3,(H,26,30). The van der Waals surface area contributed by atoms with E-state index in [2.05, 4.69) is 5.32 Å². The lowest BCUT2D eigenvalue weighted by atomic mass is 10.2. The molecule has 0 saturated heterocycles. The number of para-hydroxylation sites is 1. The molecule has 1 N–H and O–H groups in total. The monoisotopic (exact) mass is 460 g/mol. The van der Waals surface area contributed by atoms with Gasteiger partial charge in [-0.15, -0.1) is 11.3 Å². The van der Waals surface area contributed by atoms with Gasteiger partial charge in [-0.25, -0.2) is 4.68 Å². The van der Waals surface area contributed by atoms with Gasteiger partial charge in [-0.1, -0.05) is 24.3 Å². The smallest absolute Gasteiger partial charge is 0.273 e. The van der Waals surface area contributed by atoms with E-state index in [1.165, 1.54) is 4.90 Å². The molecular formula is C25H24N4O3S. The molecule has 0 unspecified atom stereocenters. The van der Waals surface area contributed by atoms with Gasteiger partial charge in [-0.2, -0.15) is 5.10 Å². The zero-order valence-electron chi connectivity index (χ0n) is 18.4. The molecule has 4 aromatic rings. The van der Waals surface area contributed by atoms with Crippen molar-refractivity contribution in [2.45, 2.75) is 6.92 Å². The topological polar surface area (TPSA) is 76.5 Å². The molecule has 0 radical (unpaired) electrons. The van der Waals surface area contributed by atoms with E-state index in [1.807, 2.05) is 54.8 Å². The minimum Gasteiger partial charge on any atom is -0.497 e. The van der Waals surface area contributed by atoms with Gasteiger partial charge in [0.25, 0.3) is 5.91 Å². The van der Waals surface area contributed by atoms with Gasteiger partial charge in [-0.05, 0) is 60.8 Å². The number of rotatable bonds is 8. The second-order valence-electron chi connectivity index (χ2n) is 7.24. The molecule has 7 nitrogen and oxygen atoms in total. The first-order valence-corrected chi connectivity index (χ1v) is 11.4. The zero-order valence-corrected chi connectivity index (χ0v) is 19.2. The number of hydrogen-bond acceptors (Lipinski definition) is 5. The lowest BCUT2D eigenvalue weighted by molar-refractivity contribution is -0.116. The minimum atomic E-state index is -0.278. The van der Waals surface area contributed by atoms with Gasteiger partial charge >= 0.3 is 0 Å². The van der Waals surface area contributed by atoms with Gasteiger partial charge < -0.3 is 15.0 Å². The van der Waals surface area contributed by atoms with Crippen molar-refractivity contribution in [2.24, 2.45) is 0 Å². The molecule has 0 bridgehead atoms. The molecule has 8 heteroatoms. The Kier molecular flexibility index (Phi) is 6.85. The molecule has 0 saturated carbocycles. The predicted octanol–water partition coefficient (Wildman–Crippen LogP) is 4.71. The number of methoxy groups -OCH3 is 1. The second-order valence-corrected chi connectivity index (χ2v) is 8.18. The maximum atomic E-state index is 13.5. The van der Waals surface area contributed by atoms with Crippen LogP contribution in [0.15, 0.2) is 78.2 Å². The van der Waals surface area contributed by atoms with Crippen molar-refractivity contribution in [1.82, 2.24) is 14.7 Å². The van der Waals surface area contributed by atoms with Crippen LogP contribution in [0.3, 0.4) is 0 Å².